The first kappa shape index (κ1) is 19.2. The molecule has 3 rings (SSSR count). The van der Waals surface area contributed by atoms with E-state index in [0.29, 0.717) is 23.8 Å². The van der Waals surface area contributed by atoms with E-state index in [2.05, 4.69) is 10.3 Å². The van der Waals surface area contributed by atoms with Crippen molar-refractivity contribution < 1.29 is 14.0 Å². The number of aromatic nitrogens is 1. The number of benzene rings is 1. The third kappa shape index (κ3) is 5.70. The maximum absolute atomic E-state index is 13.0. The van der Waals surface area contributed by atoms with Crippen LogP contribution in [0.3, 0.4) is 0 Å². The Bertz CT molecular complexity index is 907. The number of carbonyl (C=O) groups is 2. The van der Waals surface area contributed by atoms with Gasteiger partial charge in [0.15, 0.2) is 5.13 Å². The van der Waals surface area contributed by atoms with Crippen molar-refractivity contribution in [1.82, 2.24) is 9.88 Å². The molecule has 27 heavy (non-hydrogen) atoms. The van der Waals surface area contributed by atoms with E-state index in [9.17, 15) is 14.0 Å². The van der Waals surface area contributed by atoms with Crippen LogP contribution in [0.5, 0.6) is 0 Å². The van der Waals surface area contributed by atoms with Crippen LogP contribution in [0.2, 0.25) is 0 Å². The van der Waals surface area contributed by atoms with Gasteiger partial charge in [0.25, 0.3) is 0 Å². The van der Waals surface area contributed by atoms with Crippen LogP contribution in [-0.4, -0.2) is 28.7 Å². The molecular weight excluding hydrogens is 385 g/mol. The summed E-state index contributed by atoms with van der Waals surface area (Å²) in [7, 11) is 1.70. The second kappa shape index (κ2) is 8.88. The first-order chi connectivity index (χ1) is 13.0. The Morgan fingerprint density at radius 3 is 2.63 bits per heavy atom. The van der Waals surface area contributed by atoms with E-state index in [0.717, 1.165) is 10.4 Å². The van der Waals surface area contributed by atoms with Gasteiger partial charge in [-0.15, -0.1) is 22.7 Å². The molecule has 0 aliphatic rings. The number of nitrogens with zero attached hydrogens (tertiary/aromatic N) is 2. The Hall–Kier alpha value is -2.58. The first-order valence-electron chi connectivity index (χ1n) is 8.24. The van der Waals surface area contributed by atoms with Crippen LogP contribution in [0.4, 0.5) is 9.52 Å². The van der Waals surface area contributed by atoms with E-state index in [-0.39, 0.29) is 24.1 Å². The van der Waals surface area contributed by atoms with Crippen molar-refractivity contribution >= 4 is 39.6 Å². The predicted octanol–water partition coefficient (Wildman–Crippen LogP) is 3.73. The molecular formula is C19H18FN3O2S2. The Balaban J connectivity index is 1.51. The minimum absolute atomic E-state index is 0.0962. The average molecular weight is 404 g/mol. The number of amides is 2. The maximum Gasteiger partial charge on any atom is 0.231 e. The lowest BCUT2D eigenvalue weighted by Crippen LogP contribution is -2.27. The Morgan fingerprint density at radius 2 is 1.93 bits per heavy atom. The number of likely N-dealkylation sites (N-methyl/N-ethyl adjacent to an activating group) is 1. The van der Waals surface area contributed by atoms with Gasteiger partial charge in [-0.3, -0.25) is 9.59 Å². The van der Waals surface area contributed by atoms with Crippen LogP contribution in [0, 0.1) is 5.82 Å². The van der Waals surface area contributed by atoms with E-state index in [1.54, 1.807) is 29.5 Å². The first-order valence-corrected chi connectivity index (χ1v) is 10.0. The highest BCUT2D eigenvalue weighted by atomic mass is 32.1. The predicted molar refractivity (Wildman–Crippen MR) is 105 cm³/mol. The molecule has 0 atom stereocenters. The maximum atomic E-state index is 13.0. The van der Waals surface area contributed by atoms with E-state index in [1.165, 1.54) is 34.8 Å². The van der Waals surface area contributed by atoms with Gasteiger partial charge in [-0.05, 0) is 29.1 Å². The third-order valence-electron chi connectivity index (χ3n) is 3.80. The fraction of sp³-hybridized carbons (Fsp3) is 0.211. The van der Waals surface area contributed by atoms with Gasteiger partial charge >= 0.3 is 0 Å². The molecule has 0 saturated carbocycles. The van der Waals surface area contributed by atoms with Crippen LogP contribution >= 0.6 is 22.7 Å². The molecule has 0 spiro atoms. The van der Waals surface area contributed by atoms with Crippen LogP contribution < -0.4 is 5.32 Å². The van der Waals surface area contributed by atoms with Crippen molar-refractivity contribution in [1.29, 1.82) is 0 Å². The molecule has 3 aromatic rings. The van der Waals surface area contributed by atoms with Crippen LogP contribution in [0.15, 0.2) is 47.2 Å². The van der Waals surface area contributed by atoms with Crippen molar-refractivity contribution in [3.63, 3.8) is 0 Å². The van der Waals surface area contributed by atoms with Crippen molar-refractivity contribution in [2.75, 3.05) is 12.4 Å². The zero-order valence-electron chi connectivity index (χ0n) is 14.6. The molecule has 0 aliphatic heterocycles. The number of hydrogen-bond acceptors (Lipinski definition) is 5. The highest BCUT2D eigenvalue weighted by molar-refractivity contribution is 7.14. The summed E-state index contributed by atoms with van der Waals surface area (Å²) in [6.07, 6.45) is 0.459. The topological polar surface area (TPSA) is 62.3 Å². The third-order valence-corrected chi connectivity index (χ3v) is 5.49. The largest absolute Gasteiger partial charge is 0.341 e. The smallest absolute Gasteiger partial charge is 0.231 e. The number of rotatable bonds is 7. The molecule has 0 saturated heterocycles. The summed E-state index contributed by atoms with van der Waals surface area (Å²) in [6.45, 7) is 0.396. The molecule has 2 aromatic heterocycles. The minimum atomic E-state index is -0.302. The average Bonchev–Trinajstić information content (AvgIpc) is 3.29. The number of anilines is 1. The molecule has 0 aliphatic carbocycles. The highest BCUT2D eigenvalue weighted by Gasteiger charge is 2.14. The second-order valence-electron chi connectivity index (χ2n) is 6.00. The summed E-state index contributed by atoms with van der Waals surface area (Å²) in [6, 6.07) is 9.88. The van der Waals surface area contributed by atoms with E-state index in [1.807, 2.05) is 17.5 Å². The summed E-state index contributed by atoms with van der Waals surface area (Å²) in [5.74, 6) is -0.525. The zero-order valence-corrected chi connectivity index (χ0v) is 16.3. The Kier molecular flexibility index (Phi) is 6.31. The van der Waals surface area contributed by atoms with E-state index in [4.69, 9.17) is 0 Å². The van der Waals surface area contributed by atoms with Gasteiger partial charge in [0, 0.05) is 23.8 Å². The molecule has 0 unspecified atom stereocenters. The van der Waals surface area contributed by atoms with Crippen LogP contribution in [-0.2, 0) is 29.0 Å². The van der Waals surface area contributed by atoms with Gasteiger partial charge in [0.1, 0.15) is 5.82 Å². The molecule has 8 heteroatoms. The summed E-state index contributed by atoms with van der Waals surface area (Å²) >= 11 is 2.83. The fourth-order valence-corrected chi connectivity index (χ4v) is 3.85. The number of nitrogens with one attached hydrogen (secondary N) is 1. The quantitative estimate of drug-likeness (QED) is 0.654. The molecule has 2 heterocycles. The summed E-state index contributed by atoms with van der Waals surface area (Å²) in [4.78, 5) is 31.2. The van der Waals surface area contributed by atoms with Crippen LogP contribution in [0.25, 0.3) is 0 Å². The standard InChI is InChI=1S/C19H18FN3O2S2/c1-23(11-13-4-6-14(20)7-5-13)18(25)9-15-12-27-19(21-15)22-17(24)10-16-3-2-8-26-16/h2-8,12H,9-11H2,1H3,(H,21,22,24). The normalized spacial score (nSPS) is 10.6. The summed E-state index contributed by atoms with van der Waals surface area (Å²) in [5, 5.41) is 6.95. The van der Waals surface area contributed by atoms with Gasteiger partial charge in [-0.2, -0.15) is 0 Å². The van der Waals surface area contributed by atoms with E-state index < -0.39 is 0 Å². The number of carbonyl (C=O) groups excluding carboxylic acids is 2. The van der Waals surface area contributed by atoms with Crippen molar-refractivity contribution in [3.8, 4) is 0 Å². The molecule has 5 nitrogen and oxygen atoms in total. The van der Waals surface area contributed by atoms with Gasteiger partial charge in [-0.25, -0.2) is 9.37 Å². The van der Waals surface area contributed by atoms with E-state index >= 15 is 0 Å². The molecule has 1 aromatic carbocycles. The van der Waals surface area contributed by atoms with Crippen molar-refractivity contribution in [3.05, 3.63) is 69.1 Å². The molecule has 0 fully saturated rings. The molecule has 2 amide bonds. The number of halogens is 1. The number of thiophene rings is 1. The van der Waals surface area contributed by atoms with Gasteiger partial charge < -0.3 is 10.2 Å². The Morgan fingerprint density at radius 1 is 1.15 bits per heavy atom. The molecule has 0 radical (unpaired) electrons. The molecule has 140 valence electrons. The molecule has 1 N–H and O–H groups in total. The second-order valence-corrected chi connectivity index (χ2v) is 7.89. The van der Waals surface area contributed by atoms with Crippen molar-refractivity contribution in [2.45, 2.75) is 19.4 Å². The Labute approximate surface area is 164 Å². The SMILES string of the molecule is CN(Cc1ccc(F)cc1)C(=O)Cc1csc(NC(=O)Cc2cccs2)n1. The number of hydrogen-bond donors (Lipinski definition) is 1. The lowest BCUT2D eigenvalue weighted by molar-refractivity contribution is -0.129. The van der Waals surface area contributed by atoms with Crippen LogP contribution in [0.1, 0.15) is 16.1 Å². The molecule has 0 bridgehead atoms. The zero-order chi connectivity index (χ0) is 19.2. The highest BCUT2D eigenvalue weighted by Crippen LogP contribution is 2.18. The minimum Gasteiger partial charge on any atom is -0.341 e. The van der Waals surface area contributed by atoms with Gasteiger partial charge in [0.2, 0.25) is 11.8 Å². The summed E-state index contributed by atoms with van der Waals surface area (Å²) in [5.41, 5.74) is 1.47. The number of thiazole rings is 1. The van der Waals surface area contributed by atoms with Gasteiger partial charge in [-0.1, -0.05) is 18.2 Å². The lowest BCUT2D eigenvalue weighted by Gasteiger charge is -2.16. The monoisotopic (exact) mass is 403 g/mol. The fourth-order valence-electron chi connectivity index (χ4n) is 2.42. The van der Waals surface area contributed by atoms with Crippen molar-refractivity contribution in [2.24, 2.45) is 0 Å². The lowest BCUT2D eigenvalue weighted by atomic mass is 10.2. The van der Waals surface area contributed by atoms with Gasteiger partial charge in [0.05, 0.1) is 18.5 Å². The summed E-state index contributed by atoms with van der Waals surface area (Å²) < 4.78 is 13.0.